The van der Waals surface area contributed by atoms with Crippen LogP contribution < -0.4 is 15.4 Å². The number of amides is 2. The summed E-state index contributed by atoms with van der Waals surface area (Å²) in [6.07, 6.45) is 0. The molecule has 192 valence electrons. The van der Waals surface area contributed by atoms with Crippen LogP contribution in [0.2, 0.25) is 0 Å². The van der Waals surface area contributed by atoms with Crippen molar-refractivity contribution in [2.75, 3.05) is 44.8 Å². The minimum atomic E-state index is -0.299. The molecule has 2 aromatic carbocycles. The van der Waals surface area contributed by atoms with Gasteiger partial charge in [0.05, 0.1) is 24.6 Å². The van der Waals surface area contributed by atoms with Crippen molar-refractivity contribution in [1.29, 1.82) is 0 Å². The van der Waals surface area contributed by atoms with E-state index in [1.54, 1.807) is 4.68 Å². The normalized spacial score (nSPS) is 14.4. The Labute approximate surface area is 213 Å². The predicted octanol–water partition coefficient (Wildman–Crippen LogP) is 4.51. The number of hydrogen-bond acceptors (Lipinski definition) is 5. The van der Waals surface area contributed by atoms with Crippen LogP contribution in [0.4, 0.5) is 10.6 Å². The lowest BCUT2D eigenvalue weighted by molar-refractivity contribution is 0.0322. The SMILES string of the molecule is Cc1ccc(-n2nc(C(C)(C)C)cc2NC(=O)NCc2ccccc2OCCN2CCOCC2)cc1. The summed E-state index contributed by atoms with van der Waals surface area (Å²) in [5, 5.41) is 10.7. The number of carbonyl (C=O) groups excluding carboxylic acids is 1. The lowest BCUT2D eigenvalue weighted by atomic mass is 9.92. The number of carbonyl (C=O) groups is 1. The zero-order valence-electron chi connectivity index (χ0n) is 21.7. The number of nitrogens with one attached hydrogen (secondary N) is 2. The van der Waals surface area contributed by atoms with Crippen molar-refractivity contribution < 1.29 is 14.3 Å². The second-order valence-electron chi connectivity index (χ2n) is 10.1. The number of aromatic nitrogens is 2. The third-order valence-electron chi connectivity index (χ3n) is 6.18. The van der Waals surface area contributed by atoms with Crippen molar-refractivity contribution in [3.05, 3.63) is 71.4 Å². The molecule has 4 rings (SSSR count). The number of rotatable bonds is 8. The Morgan fingerprint density at radius 1 is 1.08 bits per heavy atom. The van der Waals surface area contributed by atoms with Crippen molar-refractivity contribution >= 4 is 11.8 Å². The van der Waals surface area contributed by atoms with Gasteiger partial charge in [-0.05, 0) is 25.1 Å². The maximum atomic E-state index is 12.9. The fourth-order valence-corrected chi connectivity index (χ4v) is 3.96. The number of aryl methyl sites for hydroxylation is 1. The zero-order chi connectivity index (χ0) is 25.5. The highest BCUT2D eigenvalue weighted by molar-refractivity contribution is 5.88. The Kier molecular flexibility index (Phi) is 8.28. The van der Waals surface area contributed by atoms with Crippen LogP contribution in [-0.2, 0) is 16.7 Å². The fraction of sp³-hybridized carbons (Fsp3) is 0.429. The molecule has 0 unspecified atom stereocenters. The van der Waals surface area contributed by atoms with Crippen molar-refractivity contribution in [2.45, 2.75) is 39.7 Å². The molecule has 8 heteroatoms. The van der Waals surface area contributed by atoms with Gasteiger partial charge in [0.2, 0.25) is 0 Å². The second kappa shape index (κ2) is 11.6. The molecule has 1 saturated heterocycles. The van der Waals surface area contributed by atoms with E-state index in [1.807, 2.05) is 61.5 Å². The van der Waals surface area contributed by atoms with E-state index >= 15 is 0 Å². The quantitative estimate of drug-likeness (QED) is 0.485. The topological polar surface area (TPSA) is 80.7 Å². The van der Waals surface area contributed by atoms with Gasteiger partial charge in [-0.1, -0.05) is 56.7 Å². The molecular weight excluding hydrogens is 454 g/mol. The molecule has 0 saturated carbocycles. The molecule has 1 fully saturated rings. The van der Waals surface area contributed by atoms with E-state index in [0.717, 1.165) is 55.5 Å². The average molecular weight is 492 g/mol. The first-order chi connectivity index (χ1) is 17.3. The summed E-state index contributed by atoms with van der Waals surface area (Å²) in [5.41, 5.74) is 3.74. The van der Waals surface area contributed by atoms with Crippen LogP contribution >= 0.6 is 0 Å². The van der Waals surface area contributed by atoms with Gasteiger partial charge in [0, 0.05) is 43.2 Å². The third-order valence-corrected chi connectivity index (χ3v) is 6.18. The number of urea groups is 1. The number of nitrogens with zero attached hydrogens (tertiary/aromatic N) is 3. The van der Waals surface area contributed by atoms with Crippen LogP contribution in [0.25, 0.3) is 5.69 Å². The van der Waals surface area contributed by atoms with Gasteiger partial charge in [0.15, 0.2) is 0 Å². The van der Waals surface area contributed by atoms with E-state index in [2.05, 4.69) is 36.3 Å². The first-order valence-corrected chi connectivity index (χ1v) is 12.5. The molecule has 1 aliphatic rings. The van der Waals surface area contributed by atoms with E-state index in [1.165, 1.54) is 5.56 Å². The van der Waals surface area contributed by atoms with Gasteiger partial charge in [0.25, 0.3) is 0 Å². The fourth-order valence-electron chi connectivity index (χ4n) is 3.96. The van der Waals surface area contributed by atoms with Crippen LogP contribution in [0.15, 0.2) is 54.6 Å². The molecule has 0 spiro atoms. The van der Waals surface area contributed by atoms with E-state index in [4.69, 9.17) is 14.6 Å². The maximum absolute atomic E-state index is 12.9. The van der Waals surface area contributed by atoms with Crippen LogP contribution in [0, 0.1) is 6.92 Å². The van der Waals surface area contributed by atoms with Crippen molar-refractivity contribution in [1.82, 2.24) is 20.0 Å². The monoisotopic (exact) mass is 491 g/mol. The Bertz CT molecular complexity index is 1140. The van der Waals surface area contributed by atoms with Crippen molar-refractivity contribution in [2.24, 2.45) is 0 Å². The molecule has 0 aliphatic carbocycles. The molecule has 2 N–H and O–H groups in total. The number of hydrogen-bond donors (Lipinski definition) is 2. The first kappa shape index (κ1) is 25.7. The summed E-state index contributed by atoms with van der Waals surface area (Å²) >= 11 is 0. The minimum Gasteiger partial charge on any atom is -0.492 e. The Morgan fingerprint density at radius 3 is 2.53 bits per heavy atom. The van der Waals surface area contributed by atoms with Gasteiger partial charge in [-0.3, -0.25) is 10.2 Å². The second-order valence-corrected chi connectivity index (χ2v) is 10.1. The Balaban J connectivity index is 1.39. The highest BCUT2D eigenvalue weighted by Crippen LogP contribution is 2.26. The largest absolute Gasteiger partial charge is 0.492 e. The Hall–Kier alpha value is -3.36. The minimum absolute atomic E-state index is 0.152. The molecule has 0 atom stereocenters. The molecule has 2 heterocycles. The van der Waals surface area contributed by atoms with Crippen LogP contribution in [-0.4, -0.2) is 60.2 Å². The summed E-state index contributed by atoms with van der Waals surface area (Å²) in [5.74, 6) is 1.40. The molecular formula is C28H37N5O3. The van der Waals surface area contributed by atoms with Gasteiger partial charge in [0.1, 0.15) is 18.2 Å². The van der Waals surface area contributed by atoms with Crippen molar-refractivity contribution in [3.8, 4) is 11.4 Å². The van der Waals surface area contributed by atoms with Crippen LogP contribution in [0.1, 0.15) is 37.6 Å². The number of anilines is 1. The summed E-state index contributed by atoms with van der Waals surface area (Å²) in [6.45, 7) is 13.6. The van der Waals surface area contributed by atoms with Gasteiger partial charge in [-0.15, -0.1) is 0 Å². The standard InChI is InChI=1S/C28H37N5O3/c1-21-9-11-23(12-10-21)33-26(19-25(31-33)28(2,3)4)30-27(34)29-20-22-7-5-6-8-24(22)36-18-15-32-13-16-35-17-14-32/h5-12,19H,13-18,20H2,1-4H3,(H2,29,30,34). The molecule has 3 aromatic rings. The molecule has 2 amide bonds. The van der Waals surface area contributed by atoms with Gasteiger partial charge in [-0.2, -0.15) is 5.10 Å². The lowest BCUT2D eigenvalue weighted by Gasteiger charge is -2.26. The summed E-state index contributed by atoms with van der Waals surface area (Å²) < 4.78 is 13.2. The summed E-state index contributed by atoms with van der Waals surface area (Å²) in [7, 11) is 0. The van der Waals surface area contributed by atoms with E-state index < -0.39 is 0 Å². The molecule has 0 radical (unpaired) electrons. The maximum Gasteiger partial charge on any atom is 0.320 e. The smallest absolute Gasteiger partial charge is 0.320 e. The molecule has 1 aromatic heterocycles. The molecule has 0 bridgehead atoms. The Morgan fingerprint density at radius 2 is 1.81 bits per heavy atom. The average Bonchev–Trinajstić information content (AvgIpc) is 3.29. The van der Waals surface area contributed by atoms with Gasteiger partial charge < -0.3 is 14.8 Å². The van der Waals surface area contributed by atoms with Gasteiger partial charge >= 0.3 is 6.03 Å². The predicted molar refractivity (Wildman–Crippen MR) is 142 cm³/mol. The van der Waals surface area contributed by atoms with E-state index in [0.29, 0.717) is 19.0 Å². The van der Waals surface area contributed by atoms with Crippen molar-refractivity contribution in [3.63, 3.8) is 0 Å². The summed E-state index contributed by atoms with van der Waals surface area (Å²) in [6, 6.07) is 17.5. The molecule has 36 heavy (non-hydrogen) atoms. The summed E-state index contributed by atoms with van der Waals surface area (Å²) in [4.78, 5) is 15.2. The lowest BCUT2D eigenvalue weighted by Crippen LogP contribution is -2.38. The number of ether oxygens (including phenoxy) is 2. The van der Waals surface area contributed by atoms with E-state index in [9.17, 15) is 4.79 Å². The number of para-hydroxylation sites is 1. The van der Waals surface area contributed by atoms with Crippen LogP contribution in [0.3, 0.4) is 0 Å². The highest BCUT2D eigenvalue weighted by Gasteiger charge is 2.21. The molecule has 8 nitrogen and oxygen atoms in total. The van der Waals surface area contributed by atoms with Gasteiger partial charge in [-0.25, -0.2) is 9.48 Å². The first-order valence-electron chi connectivity index (χ1n) is 12.5. The van der Waals surface area contributed by atoms with Crippen LogP contribution in [0.5, 0.6) is 5.75 Å². The number of benzene rings is 2. The molecule has 1 aliphatic heterocycles. The third kappa shape index (κ3) is 6.86. The zero-order valence-corrected chi connectivity index (χ0v) is 21.7. The van der Waals surface area contributed by atoms with E-state index in [-0.39, 0.29) is 11.4 Å². The number of morpholine rings is 1. The highest BCUT2D eigenvalue weighted by atomic mass is 16.5.